The maximum absolute atomic E-state index is 14.7. The number of fused-ring (bicyclic) bond motifs is 6. The third-order valence-corrected chi connectivity index (χ3v) is 8.87. The fourth-order valence-electron chi connectivity index (χ4n) is 6.90. The molecule has 0 saturated carbocycles. The van der Waals surface area contributed by atoms with E-state index in [2.05, 4.69) is 10.3 Å². The lowest BCUT2D eigenvalue weighted by molar-refractivity contribution is -0.121. The number of ketones is 2. The number of amides is 1. The number of carbonyl (C=O) groups excluding carboxylic acids is 3. The lowest BCUT2D eigenvalue weighted by atomic mass is 9.64. The molecule has 4 aromatic rings. The van der Waals surface area contributed by atoms with E-state index in [4.69, 9.17) is 11.6 Å². The summed E-state index contributed by atoms with van der Waals surface area (Å²) in [5, 5.41) is 3.35. The Labute approximate surface area is 236 Å². The number of Topliss-reactive ketones (excluding diaryl/α,β-unsaturated/α-hetero) is 2. The van der Waals surface area contributed by atoms with Crippen molar-refractivity contribution in [3.63, 3.8) is 0 Å². The molecule has 4 atom stereocenters. The van der Waals surface area contributed by atoms with Crippen LogP contribution in [0.5, 0.6) is 0 Å². The van der Waals surface area contributed by atoms with Crippen molar-refractivity contribution in [2.75, 3.05) is 10.2 Å². The number of anilines is 2. The molecule has 0 radical (unpaired) electrons. The highest BCUT2D eigenvalue weighted by Crippen LogP contribution is 2.58. The molecule has 1 saturated heterocycles. The quantitative estimate of drug-likeness (QED) is 0.319. The highest BCUT2D eigenvalue weighted by atomic mass is 35.5. The summed E-state index contributed by atoms with van der Waals surface area (Å²) in [6.07, 6.45) is 5.14. The van der Waals surface area contributed by atoms with Gasteiger partial charge in [0.15, 0.2) is 11.6 Å². The zero-order valence-electron chi connectivity index (χ0n) is 21.5. The molecule has 7 rings (SSSR count). The first kappa shape index (κ1) is 24.5. The molecule has 196 valence electrons. The smallest absolute Gasteiger partial charge is 0.238 e. The predicted octanol–water partition coefficient (Wildman–Crippen LogP) is 5.98. The Morgan fingerprint density at radius 1 is 0.900 bits per heavy atom. The minimum absolute atomic E-state index is 0.294. The van der Waals surface area contributed by atoms with E-state index in [9.17, 15) is 14.4 Å². The van der Waals surface area contributed by atoms with Crippen molar-refractivity contribution in [1.82, 2.24) is 4.98 Å². The third kappa shape index (κ3) is 3.23. The molecule has 3 aliphatic rings. The molecule has 7 heteroatoms. The SMILES string of the molecule is CC1=C[C@H]2N(c3ccccc31)[C@@H](C(=O)c1ccccc1Cl)[C@@H](C(=O)c1ccncc1)[C@]21C(=O)Nc2ccccc21. The molecule has 1 aromatic heterocycles. The van der Waals surface area contributed by atoms with E-state index in [0.29, 0.717) is 27.4 Å². The zero-order valence-corrected chi connectivity index (χ0v) is 22.3. The number of allylic oxidation sites excluding steroid dienone is 1. The molecule has 0 unspecified atom stereocenters. The van der Waals surface area contributed by atoms with Gasteiger partial charge in [0.25, 0.3) is 0 Å². The lowest BCUT2D eigenvalue weighted by Gasteiger charge is -2.39. The van der Waals surface area contributed by atoms with Crippen LogP contribution in [-0.4, -0.2) is 34.5 Å². The number of halogens is 1. The summed E-state index contributed by atoms with van der Waals surface area (Å²) < 4.78 is 0. The number of hydrogen-bond acceptors (Lipinski definition) is 5. The summed E-state index contributed by atoms with van der Waals surface area (Å²) in [7, 11) is 0. The molecule has 40 heavy (non-hydrogen) atoms. The van der Waals surface area contributed by atoms with Crippen LogP contribution in [0.1, 0.15) is 38.8 Å². The number of nitrogens with zero attached hydrogens (tertiary/aromatic N) is 2. The minimum Gasteiger partial charge on any atom is -0.352 e. The lowest BCUT2D eigenvalue weighted by Crippen LogP contribution is -2.51. The van der Waals surface area contributed by atoms with Gasteiger partial charge in [0, 0.05) is 40.5 Å². The number of aromatic nitrogens is 1. The number of para-hydroxylation sites is 2. The number of nitrogens with one attached hydrogen (secondary N) is 1. The second kappa shape index (κ2) is 9.00. The number of benzene rings is 3. The number of rotatable bonds is 4. The Bertz CT molecular complexity index is 1750. The Hall–Kier alpha value is -4.55. The van der Waals surface area contributed by atoms with Crippen LogP contribution in [0.3, 0.4) is 0 Å². The Kier molecular flexibility index (Phi) is 5.51. The average Bonchev–Trinajstić information content (AvgIpc) is 3.45. The van der Waals surface area contributed by atoms with Crippen molar-refractivity contribution < 1.29 is 14.4 Å². The van der Waals surface area contributed by atoms with Crippen LogP contribution < -0.4 is 10.2 Å². The Morgan fingerprint density at radius 2 is 1.60 bits per heavy atom. The molecule has 3 aliphatic heterocycles. The van der Waals surface area contributed by atoms with Crippen LogP contribution in [0, 0.1) is 5.92 Å². The minimum atomic E-state index is -1.37. The van der Waals surface area contributed by atoms with Gasteiger partial charge in [0.05, 0.1) is 17.0 Å². The summed E-state index contributed by atoms with van der Waals surface area (Å²) in [5.74, 6) is -1.95. The van der Waals surface area contributed by atoms with E-state index in [1.165, 1.54) is 0 Å². The van der Waals surface area contributed by atoms with Crippen molar-refractivity contribution in [3.8, 4) is 0 Å². The van der Waals surface area contributed by atoms with Gasteiger partial charge in [-0.15, -0.1) is 0 Å². The first-order valence-corrected chi connectivity index (χ1v) is 13.5. The van der Waals surface area contributed by atoms with Crippen molar-refractivity contribution in [3.05, 3.63) is 131 Å². The van der Waals surface area contributed by atoms with E-state index in [0.717, 1.165) is 16.8 Å². The highest BCUT2D eigenvalue weighted by Gasteiger charge is 2.70. The van der Waals surface area contributed by atoms with Gasteiger partial charge in [-0.25, -0.2) is 0 Å². The van der Waals surface area contributed by atoms with Crippen molar-refractivity contribution >= 4 is 46.0 Å². The normalized spacial score (nSPS) is 24.1. The molecule has 0 bridgehead atoms. The van der Waals surface area contributed by atoms with Gasteiger partial charge in [-0.3, -0.25) is 19.4 Å². The third-order valence-electron chi connectivity index (χ3n) is 8.54. The number of carbonyl (C=O) groups is 3. The maximum Gasteiger partial charge on any atom is 0.238 e. The molecule has 3 aromatic carbocycles. The summed E-state index contributed by atoms with van der Waals surface area (Å²) >= 11 is 6.58. The van der Waals surface area contributed by atoms with Gasteiger partial charge in [-0.1, -0.05) is 66.2 Å². The second-order valence-corrected chi connectivity index (χ2v) is 10.9. The number of pyridine rings is 1. The monoisotopic (exact) mass is 545 g/mol. The van der Waals surface area contributed by atoms with Gasteiger partial charge < -0.3 is 10.2 Å². The van der Waals surface area contributed by atoms with Crippen LogP contribution in [-0.2, 0) is 10.2 Å². The van der Waals surface area contributed by atoms with E-state index in [1.807, 2.05) is 66.4 Å². The van der Waals surface area contributed by atoms with Gasteiger partial charge in [0.1, 0.15) is 11.5 Å². The van der Waals surface area contributed by atoms with Crippen molar-refractivity contribution in [2.45, 2.75) is 24.4 Å². The Balaban J connectivity index is 1.57. The van der Waals surface area contributed by atoms with Crippen LogP contribution in [0.2, 0.25) is 5.02 Å². The van der Waals surface area contributed by atoms with Gasteiger partial charge >= 0.3 is 0 Å². The number of hydrogen-bond donors (Lipinski definition) is 1. The summed E-state index contributed by atoms with van der Waals surface area (Å²) in [6, 6.07) is 23.8. The fourth-order valence-corrected chi connectivity index (χ4v) is 7.13. The highest BCUT2D eigenvalue weighted by molar-refractivity contribution is 6.34. The molecule has 1 N–H and O–H groups in total. The predicted molar refractivity (Wildman–Crippen MR) is 155 cm³/mol. The average molecular weight is 546 g/mol. The summed E-state index contributed by atoms with van der Waals surface area (Å²) in [5.41, 5.74) is 3.43. The largest absolute Gasteiger partial charge is 0.352 e. The van der Waals surface area contributed by atoms with E-state index in [-0.39, 0.29) is 17.5 Å². The Morgan fingerprint density at radius 3 is 2.40 bits per heavy atom. The van der Waals surface area contributed by atoms with Crippen LogP contribution in [0.4, 0.5) is 11.4 Å². The van der Waals surface area contributed by atoms with Gasteiger partial charge in [0.2, 0.25) is 5.91 Å². The first-order chi connectivity index (χ1) is 19.4. The molecule has 1 amide bonds. The summed E-state index contributed by atoms with van der Waals surface area (Å²) in [6.45, 7) is 2.01. The van der Waals surface area contributed by atoms with Crippen molar-refractivity contribution in [2.24, 2.45) is 5.92 Å². The van der Waals surface area contributed by atoms with E-state index < -0.39 is 23.4 Å². The topological polar surface area (TPSA) is 79.4 Å². The van der Waals surface area contributed by atoms with E-state index >= 15 is 0 Å². The maximum atomic E-state index is 14.7. The fraction of sp³-hybridized carbons (Fsp3) is 0.152. The summed E-state index contributed by atoms with van der Waals surface area (Å²) in [4.78, 5) is 49.8. The molecule has 6 nitrogen and oxygen atoms in total. The molecular weight excluding hydrogens is 522 g/mol. The first-order valence-electron chi connectivity index (χ1n) is 13.1. The van der Waals surface area contributed by atoms with Gasteiger partial charge in [-0.05, 0) is 54.5 Å². The van der Waals surface area contributed by atoms with Gasteiger partial charge in [-0.2, -0.15) is 0 Å². The molecular formula is C33H24ClN3O3. The standard InChI is InChI=1S/C33H24ClN3O3/c1-19-18-27-33(23-10-4-6-12-25(23)36-32(33)40)28(30(38)20-14-16-35-17-15-20)29(31(39)22-9-2-5-11-24(22)34)37(27)26-13-7-3-8-21(19)26/h2-18,27-29H,1H3,(H,36,40)/t27-,28+,29-,33-/m1/s1. The molecule has 4 heterocycles. The van der Waals surface area contributed by atoms with Crippen molar-refractivity contribution in [1.29, 1.82) is 0 Å². The van der Waals surface area contributed by atoms with E-state index in [1.54, 1.807) is 48.8 Å². The molecule has 0 aliphatic carbocycles. The van der Waals surface area contributed by atoms with Crippen LogP contribution in [0.15, 0.2) is 103 Å². The molecule has 1 spiro atoms. The van der Waals surface area contributed by atoms with Crippen LogP contribution >= 0.6 is 11.6 Å². The van der Waals surface area contributed by atoms with Crippen LogP contribution in [0.25, 0.3) is 5.57 Å². The second-order valence-electron chi connectivity index (χ2n) is 10.5. The zero-order chi connectivity index (χ0) is 27.6. The molecule has 1 fully saturated rings.